The molecule has 0 aliphatic carbocycles. The summed E-state index contributed by atoms with van der Waals surface area (Å²) < 4.78 is 27.5. The van der Waals surface area contributed by atoms with Gasteiger partial charge < -0.3 is 0 Å². The van der Waals surface area contributed by atoms with Gasteiger partial charge in [0.2, 0.25) is 10.0 Å². The van der Waals surface area contributed by atoms with Gasteiger partial charge in [0, 0.05) is 6.04 Å². The van der Waals surface area contributed by atoms with Crippen LogP contribution in [0.1, 0.15) is 35.2 Å². The predicted molar refractivity (Wildman–Crippen MR) is 85.8 cm³/mol. The zero-order valence-corrected chi connectivity index (χ0v) is 13.7. The van der Waals surface area contributed by atoms with Crippen LogP contribution in [0.3, 0.4) is 0 Å². The molecule has 0 heterocycles. The molecule has 2 aromatic rings. The van der Waals surface area contributed by atoms with Crippen molar-refractivity contribution in [2.24, 2.45) is 0 Å². The summed E-state index contributed by atoms with van der Waals surface area (Å²) in [6.07, 6.45) is 0. The Bertz CT molecular complexity index is 737. The molecule has 2 rings (SSSR count). The van der Waals surface area contributed by atoms with Crippen molar-refractivity contribution < 1.29 is 8.42 Å². The number of rotatable bonds is 4. The molecule has 3 nitrogen and oxygen atoms in total. The highest BCUT2D eigenvalue weighted by Gasteiger charge is 2.19. The molecule has 1 atom stereocenters. The topological polar surface area (TPSA) is 46.2 Å². The Morgan fingerprint density at radius 3 is 2.10 bits per heavy atom. The fraction of sp³-hybridized carbons (Fsp3) is 0.294. The molecule has 1 N–H and O–H groups in total. The first-order chi connectivity index (χ1) is 9.81. The minimum absolute atomic E-state index is 0.269. The van der Waals surface area contributed by atoms with Crippen molar-refractivity contribution in [1.82, 2.24) is 4.72 Å². The normalized spacial score (nSPS) is 13.1. The molecule has 0 amide bonds. The number of hydrogen-bond acceptors (Lipinski definition) is 2. The Labute approximate surface area is 127 Å². The fourth-order valence-electron chi connectivity index (χ4n) is 2.41. The van der Waals surface area contributed by atoms with Gasteiger partial charge in [-0.2, -0.15) is 0 Å². The largest absolute Gasteiger partial charge is 0.241 e. The Morgan fingerprint density at radius 1 is 0.905 bits per heavy atom. The van der Waals surface area contributed by atoms with Gasteiger partial charge in [0.05, 0.1) is 4.90 Å². The summed E-state index contributed by atoms with van der Waals surface area (Å²) >= 11 is 0. The van der Waals surface area contributed by atoms with E-state index in [1.54, 1.807) is 30.3 Å². The second kappa shape index (κ2) is 6.00. The van der Waals surface area contributed by atoms with Gasteiger partial charge in [-0.1, -0.05) is 30.3 Å². The van der Waals surface area contributed by atoms with E-state index in [2.05, 4.69) is 23.8 Å². The number of benzene rings is 2. The highest BCUT2D eigenvalue weighted by Crippen LogP contribution is 2.23. The van der Waals surface area contributed by atoms with E-state index in [4.69, 9.17) is 0 Å². The van der Waals surface area contributed by atoms with Crippen LogP contribution in [0.15, 0.2) is 47.4 Å². The second-order valence-electron chi connectivity index (χ2n) is 5.45. The van der Waals surface area contributed by atoms with E-state index in [1.165, 1.54) is 11.1 Å². The number of hydrogen-bond donors (Lipinski definition) is 1. The Kier molecular flexibility index (Phi) is 4.49. The quantitative estimate of drug-likeness (QED) is 0.937. The maximum atomic E-state index is 12.4. The molecule has 0 aliphatic rings. The molecule has 0 radical (unpaired) electrons. The predicted octanol–water partition coefficient (Wildman–Crippen LogP) is 3.65. The van der Waals surface area contributed by atoms with Crippen LogP contribution in [0.25, 0.3) is 0 Å². The first-order valence-electron chi connectivity index (χ1n) is 6.96. The minimum Gasteiger partial charge on any atom is -0.207 e. The van der Waals surface area contributed by atoms with E-state index >= 15 is 0 Å². The van der Waals surface area contributed by atoms with Crippen molar-refractivity contribution in [3.05, 3.63) is 64.7 Å². The summed E-state index contributed by atoms with van der Waals surface area (Å²) in [7, 11) is -3.50. The van der Waals surface area contributed by atoms with Gasteiger partial charge in [0.1, 0.15) is 0 Å². The van der Waals surface area contributed by atoms with Crippen LogP contribution < -0.4 is 4.72 Å². The minimum atomic E-state index is -3.50. The van der Waals surface area contributed by atoms with Crippen LogP contribution in [-0.4, -0.2) is 8.42 Å². The van der Waals surface area contributed by atoms with Crippen LogP contribution in [0.5, 0.6) is 0 Å². The molecule has 0 spiro atoms. The van der Waals surface area contributed by atoms with Crippen LogP contribution in [-0.2, 0) is 10.0 Å². The molecular formula is C17H21NO2S. The Hall–Kier alpha value is -1.65. The molecule has 2 aromatic carbocycles. The first kappa shape index (κ1) is 15.7. The first-order valence-corrected chi connectivity index (χ1v) is 8.44. The second-order valence-corrected chi connectivity index (χ2v) is 7.16. The van der Waals surface area contributed by atoms with Crippen molar-refractivity contribution >= 4 is 10.0 Å². The summed E-state index contributed by atoms with van der Waals surface area (Å²) in [6.45, 7) is 7.98. The maximum Gasteiger partial charge on any atom is 0.241 e. The lowest BCUT2D eigenvalue weighted by Gasteiger charge is -2.18. The van der Waals surface area contributed by atoms with E-state index in [9.17, 15) is 8.42 Å². The van der Waals surface area contributed by atoms with Gasteiger partial charge in [-0.05, 0) is 62.1 Å². The van der Waals surface area contributed by atoms with E-state index in [0.29, 0.717) is 4.90 Å². The molecule has 21 heavy (non-hydrogen) atoms. The van der Waals surface area contributed by atoms with Gasteiger partial charge in [-0.25, -0.2) is 13.1 Å². The third-order valence-corrected chi connectivity index (χ3v) is 5.29. The van der Waals surface area contributed by atoms with Crippen molar-refractivity contribution in [1.29, 1.82) is 0 Å². The molecule has 0 saturated heterocycles. The summed E-state index contributed by atoms with van der Waals surface area (Å²) in [6, 6.07) is 12.3. The number of aryl methyl sites for hydroxylation is 3. The average molecular weight is 303 g/mol. The van der Waals surface area contributed by atoms with Crippen LogP contribution in [0.2, 0.25) is 0 Å². The zero-order valence-electron chi connectivity index (χ0n) is 12.8. The standard InChI is InChI=1S/C17H21NO2S/c1-12-10-14(3)17(11-13(12)2)15(4)18-21(19,20)16-8-6-5-7-9-16/h5-11,15,18H,1-4H3. The van der Waals surface area contributed by atoms with Crippen LogP contribution >= 0.6 is 0 Å². The third-order valence-electron chi connectivity index (χ3n) is 3.73. The molecule has 0 bridgehead atoms. The highest BCUT2D eigenvalue weighted by molar-refractivity contribution is 7.89. The molecule has 1 unspecified atom stereocenters. The number of sulfonamides is 1. The Morgan fingerprint density at radius 2 is 1.48 bits per heavy atom. The third kappa shape index (κ3) is 3.52. The molecular weight excluding hydrogens is 282 g/mol. The molecule has 112 valence electrons. The van der Waals surface area contributed by atoms with Gasteiger partial charge in [-0.3, -0.25) is 0 Å². The number of nitrogens with one attached hydrogen (secondary N) is 1. The smallest absolute Gasteiger partial charge is 0.207 e. The van der Waals surface area contributed by atoms with Crippen molar-refractivity contribution in [3.8, 4) is 0 Å². The molecule has 0 fully saturated rings. The average Bonchev–Trinajstić information content (AvgIpc) is 2.43. The highest BCUT2D eigenvalue weighted by atomic mass is 32.2. The van der Waals surface area contributed by atoms with Crippen LogP contribution in [0.4, 0.5) is 0 Å². The van der Waals surface area contributed by atoms with Gasteiger partial charge >= 0.3 is 0 Å². The summed E-state index contributed by atoms with van der Waals surface area (Å²) in [5, 5.41) is 0. The lowest BCUT2D eigenvalue weighted by molar-refractivity contribution is 0.566. The lowest BCUT2D eigenvalue weighted by atomic mass is 9.97. The van der Waals surface area contributed by atoms with E-state index in [1.807, 2.05) is 20.8 Å². The molecule has 4 heteroatoms. The van der Waals surface area contributed by atoms with Gasteiger partial charge in [0.15, 0.2) is 0 Å². The Balaban J connectivity index is 2.30. The summed E-state index contributed by atoms with van der Waals surface area (Å²) in [5.41, 5.74) is 4.50. The van der Waals surface area contributed by atoms with Crippen molar-refractivity contribution in [2.45, 2.75) is 38.6 Å². The molecule has 0 aliphatic heterocycles. The monoisotopic (exact) mass is 303 g/mol. The van der Waals surface area contributed by atoms with Crippen molar-refractivity contribution in [2.75, 3.05) is 0 Å². The molecule has 0 saturated carbocycles. The summed E-state index contributed by atoms with van der Waals surface area (Å²) in [5.74, 6) is 0. The van der Waals surface area contributed by atoms with E-state index in [0.717, 1.165) is 11.1 Å². The van der Waals surface area contributed by atoms with E-state index < -0.39 is 10.0 Å². The lowest BCUT2D eigenvalue weighted by Crippen LogP contribution is -2.27. The maximum absolute atomic E-state index is 12.4. The zero-order chi connectivity index (χ0) is 15.6. The van der Waals surface area contributed by atoms with Crippen LogP contribution in [0, 0.1) is 20.8 Å². The van der Waals surface area contributed by atoms with Gasteiger partial charge in [-0.15, -0.1) is 0 Å². The van der Waals surface area contributed by atoms with Gasteiger partial charge in [0.25, 0.3) is 0 Å². The van der Waals surface area contributed by atoms with Crippen molar-refractivity contribution in [3.63, 3.8) is 0 Å². The summed E-state index contributed by atoms with van der Waals surface area (Å²) in [4.78, 5) is 0.290. The SMILES string of the molecule is Cc1cc(C)c(C(C)NS(=O)(=O)c2ccccc2)cc1C. The molecule has 0 aromatic heterocycles. The fourth-order valence-corrected chi connectivity index (χ4v) is 3.66. The van der Waals surface area contributed by atoms with E-state index in [-0.39, 0.29) is 6.04 Å².